The van der Waals surface area contributed by atoms with Crippen molar-refractivity contribution in [3.05, 3.63) is 36.4 Å². The molecule has 2 aromatic carbocycles. The molecule has 0 aliphatic carbocycles. The van der Waals surface area contributed by atoms with Crippen LogP contribution in [-0.4, -0.2) is 47.8 Å². The Kier molecular flexibility index (Phi) is 13.7. The van der Waals surface area contributed by atoms with Crippen molar-refractivity contribution < 1.29 is 45.4 Å². The third kappa shape index (κ3) is 13.6. The number of urea groups is 2. The lowest BCUT2D eigenvalue weighted by Crippen LogP contribution is -2.33. The van der Waals surface area contributed by atoms with Crippen LogP contribution in [0.3, 0.4) is 0 Å². The molecule has 0 bridgehead atoms. The van der Waals surface area contributed by atoms with E-state index in [2.05, 4.69) is 39.5 Å². The Morgan fingerprint density at radius 3 is 1.67 bits per heavy atom. The van der Waals surface area contributed by atoms with Crippen molar-refractivity contribution in [2.45, 2.75) is 55.0 Å². The van der Waals surface area contributed by atoms with Crippen molar-refractivity contribution >= 4 is 79.1 Å². The van der Waals surface area contributed by atoms with E-state index < -0.39 is 12.7 Å². The number of aromatic nitrogens is 2. The van der Waals surface area contributed by atoms with Crippen LogP contribution in [0.5, 0.6) is 11.5 Å². The van der Waals surface area contributed by atoms with E-state index >= 15 is 0 Å². The first kappa shape index (κ1) is 37.1. The van der Waals surface area contributed by atoms with Gasteiger partial charge in [0.05, 0.1) is 20.4 Å². The maximum absolute atomic E-state index is 12.2. The van der Waals surface area contributed by atoms with E-state index in [-0.39, 0.29) is 23.6 Å². The number of hydrogen-bond donors (Lipinski definition) is 4. The van der Waals surface area contributed by atoms with Gasteiger partial charge >= 0.3 is 24.8 Å². The first-order valence-corrected chi connectivity index (χ1v) is 16.6. The fraction of sp³-hybridized carbons (Fsp3) is 0.385. The monoisotopic (exact) mass is 730 g/mol. The highest BCUT2D eigenvalue weighted by Crippen LogP contribution is 2.34. The summed E-state index contributed by atoms with van der Waals surface area (Å²) in [5, 5.41) is 5.37. The second-order valence-corrected chi connectivity index (χ2v) is 13.6. The van der Waals surface area contributed by atoms with Gasteiger partial charge in [0.15, 0.2) is 8.68 Å². The van der Waals surface area contributed by atoms with E-state index in [0.29, 0.717) is 48.1 Å². The number of nitrogens with zero attached hydrogens (tertiary/aromatic N) is 2. The zero-order chi connectivity index (χ0) is 33.9. The summed E-state index contributed by atoms with van der Waals surface area (Å²) < 4.78 is 88.1. The number of hydrogen-bond acceptors (Lipinski definition) is 10. The second-order valence-electron chi connectivity index (χ2n) is 9.44. The first-order valence-electron chi connectivity index (χ1n) is 13.3. The minimum absolute atomic E-state index is 0.296. The molecule has 0 unspecified atom stereocenters. The number of amides is 4. The largest absolute Gasteiger partial charge is 0.573 e. The van der Waals surface area contributed by atoms with Gasteiger partial charge in [0.2, 0.25) is 0 Å². The lowest BCUT2D eigenvalue weighted by Gasteiger charge is -2.07. The predicted molar refractivity (Wildman–Crippen MR) is 167 cm³/mol. The van der Waals surface area contributed by atoms with Gasteiger partial charge in [0, 0.05) is 37.0 Å². The molecule has 0 aliphatic rings. The fourth-order valence-corrected chi connectivity index (χ4v) is 6.54. The molecule has 0 saturated carbocycles. The molecule has 20 heteroatoms. The lowest BCUT2D eigenvalue weighted by atomic mass is 10.2. The number of ether oxygens (including phenoxy) is 2. The summed E-state index contributed by atoms with van der Waals surface area (Å²) in [5.74, 6) is -0.261. The van der Waals surface area contributed by atoms with Crippen molar-refractivity contribution in [1.29, 1.82) is 0 Å². The molecule has 4 amide bonds. The van der Waals surface area contributed by atoms with Crippen molar-refractivity contribution in [3.8, 4) is 11.5 Å². The number of benzene rings is 2. The number of alkyl halides is 6. The van der Waals surface area contributed by atoms with Gasteiger partial charge in [-0.3, -0.25) is 9.44 Å². The Morgan fingerprint density at radius 2 is 1.26 bits per heavy atom. The van der Waals surface area contributed by atoms with Gasteiger partial charge < -0.3 is 20.1 Å². The third-order valence-corrected chi connectivity index (χ3v) is 8.83. The SMILES string of the molecule is CC(C)CNC(=O)NSc1nc2ccc(OC(F)(F)F)cc2s1.CCCCNC(=O)NSc1nc2ccc(OC(F)(F)F)cc2s1. The Balaban J connectivity index is 0.000000250. The van der Waals surface area contributed by atoms with E-state index in [1.54, 1.807) is 0 Å². The number of unbranched alkanes of at least 4 members (excludes halogenated alkanes) is 1. The zero-order valence-electron chi connectivity index (χ0n) is 24.3. The fourth-order valence-electron chi connectivity index (χ4n) is 3.18. The van der Waals surface area contributed by atoms with E-state index in [0.717, 1.165) is 36.7 Å². The molecule has 10 nitrogen and oxygen atoms in total. The topological polar surface area (TPSA) is 126 Å². The van der Waals surface area contributed by atoms with Gasteiger partial charge in [-0.25, -0.2) is 19.6 Å². The van der Waals surface area contributed by atoms with Crippen LogP contribution in [0.25, 0.3) is 20.4 Å². The second kappa shape index (κ2) is 17.0. The molecule has 0 radical (unpaired) electrons. The van der Waals surface area contributed by atoms with E-state index in [1.807, 2.05) is 20.8 Å². The summed E-state index contributed by atoms with van der Waals surface area (Å²) in [4.78, 5) is 31.5. The Morgan fingerprint density at radius 1 is 0.804 bits per heavy atom. The minimum atomic E-state index is -4.73. The number of fused-ring (bicyclic) bond motifs is 2. The highest BCUT2D eigenvalue weighted by atomic mass is 32.2. The minimum Gasteiger partial charge on any atom is -0.406 e. The quantitative estimate of drug-likeness (QED) is 0.0688. The molecule has 4 N–H and O–H groups in total. The maximum atomic E-state index is 12.2. The van der Waals surface area contributed by atoms with Crippen LogP contribution >= 0.6 is 46.6 Å². The van der Waals surface area contributed by atoms with Gasteiger partial charge in [0.25, 0.3) is 0 Å². The first-order chi connectivity index (χ1) is 21.6. The summed E-state index contributed by atoms with van der Waals surface area (Å²) in [6.45, 7) is 7.10. The molecule has 2 aromatic heterocycles. The Labute approximate surface area is 275 Å². The molecule has 2 heterocycles. The van der Waals surface area contributed by atoms with Crippen LogP contribution in [0, 0.1) is 5.92 Å². The number of carbonyl (C=O) groups excluding carboxylic acids is 2. The van der Waals surface area contributed by atoms with Gasteiger partial charge in [-0.05, 0) is 48.7 Å². The summed E-state index contributed by atoms with van der Waals surface area (Å²) in [7, 11) is 0. The molecule has 4 aromatic rings. The van der Waals surface area contributed by atoms with Crippen LogP contribution in [0.15, 0.2) is 45.1 Å². The van der Waals surface area contributed by atoms with Crippen LogP contribution < -0.4 is 29.6 Å². The molecule has 4 rings (SSSR count). The van der Waals surface area contributed by atoms with E-state index in [9.17, 15) is 35.9 Å². The third-order valence-electron chi connectivity index (χ3n) is 5.10. The summed E-state index contributed by atoms with van der Waals surface area (Å²) in [6.07, 6.45) is -7.59. The number of rotatable bonds is 11. The van der Waals surface area contributed by atoms with Crippen LogP contribution in [0.2, 0.25) is 0 Å². The standard InChI is InChI=1S/2C13H14F3N3O2S2/c1-7(2)6-17-11(20)19-23-12-18-9-4-3-8(5-10(9)22-12)21-13(14,15)16;1-2-3-6-17-11(20)19-23-12-18-9-5-4-8(7-10(9)22-12)21-13(14,15)16/h3-5,7H,6H2,1-2H3,(H2,17,19,20);4-5,7H,2-3,6H2,1H3,(H2,17,19,20). The zero-order valence-corrected chi connectivity index (χ0v) is 27.6. The van der Waals surface area contributed by atoms with Gasteiger partial charge in [0.1, 0.15) is 11.5 Å². The van der Waals surface area contributed by atoms with Crippen molar-refractivity contribution in [1.82, 2.24) is 30.0 Å². The van der Waals surface area contributed by atoms with E-state index in [4.69, 9.17) is 0 Å². The molecular formula is C26H28F6N6O4S4. The number of nitrogens with one attached hydrogen (secondary N) is 4. The molecule has 0 atom stereocenters. The predicted octanol–water partition coefficient (Wildman–Crippen LogP) is 8.46. The molecule has 0 aliphatic heterocycles. The molecule has 46 heavy (non-hydrogen) atoms. The van der Waals surface area contributed by atoms with Crippen LogP contribution in [-0.2, 0) is 0 Å². The van der Waals surface area contributed by atoms with Gasteiger partial charge in [-0.2, -0.15) is 0 Å². The van der Waals surface area contributed by atoms with Gasteiger partial charge in [-0.1, -0.05) is 27.2 Å². The molecule has 0 spiro atoms. The summed E-state index contributed by atoms with van der Waals surface area (Å²) in [6, 6.07) is 7.15. The molecule has 252 valence electrons. The van der Waals surface area contributed by atoms with Gasteiger partial charge in [-0.15, -0.1) is 49.0 Å². The normalized spacial score (nSPS) is 11.6. The maximum Gasteiger partial charge on any atom is 0.573 e. The highest BCUT2D eigenvalue weighted by Gasteiger charge is 2.32. The Bertz CT molecular complexity index is 1600. The molecule has 0 saturated heterocycles. The Hall–Kier alpha value is -3.36. The molecule has 0 fully saturated rings. The number of thiazole rings is 2. The summed E-state index contributed by atoms with van der Waals surface area (Å²) in [5.41, 5.74) is 1.08. The smallest absolute Gasteiger partial charge is 0.406 e. The van der Waals surface area contributed by atoms with Crippen molar-refractivity contribution in [2.75, 3.05) is 13.1 Å². The lowest BCUT2D eigenvalue weighted by molar-refractivity contribution is -0.275. The van der Waals surface area contributed by atoms with E-state index in [1.165, 1.54) is 59.1 Å². The number of carbonyl (C=O) groups is 2. The van der Waals surface area contributed by atoms with Crippen LogP contribution in [0.1, 0.15) is 33.6 Å². The van der Waals surface area contributed by atoms with Crippen LogP contribution in [0.4, 0.5) is 35.9 Å². The van der Waals surface area contributed by atoms with Crippen molar-refractivity contribution in [2.24, 2.45) is 5.92 Å². The molecular weight excluding hydrogens is 703 g/mol. The average molecular weight is 731 g/mol. The highest BCUT2D eigenvalue weighted by molar-refractivity contribution is 8.00. The number of halogens is 6. The summed E-state index contributed by atoms with van der Waals surface area (Å²) >= 11 is 4.36. The van der Waals surface area contributed by atoms with Crippen molar-refractivity contribution in [3.63, 3.8) is 0 Å². The average Bonchev–Trinajstić information content (AvgIpc) is 3.55.